The second-order valence-electron chi connectivity index (χ2n) is 8.10. The van der Waals surface area contributed by atoms with E-state index in [2.05, 4.69) is 20.6 Å². The lowest BCUT2D eigenvalue weighted by Crippen LogP contribution is -2.49. The first-order chi connectivity index (χ1) is 14.0. The molecule has 4 rings (SSSR count). The number of carbonyl (C=O) groups is 2. The summed E-state index contributed by atoms with van der Waals surface area (Å²) in [7, 11) is 0. The van der Waals surface area contributed by atoms with Crippen molar-refractivity contribution < 1.29 is 14.0 Å². The molecule has 156 valence electrons. The summed E-state index contributed by atoms with van der Waals surface area (Å²) in [6.07, 6.45) is 4.66. The van der Waals surface area contributed by atoms with E-state index in [-0.39, 0.29) is 17.4 Å². The average Bonchev–Trinajstić information content (AvgIpc) is 3.44. The van der Waals surface area contributed by atoms with E-state index in [4.69, 9.17) is 4.42 Å². The Morgan fingerprint density at radius 1 is 1.34 bits per heavy atom. The number of furan rings is 1. The maximum absolute atomic E-state index is 12.8. The third-order valence-electron chi connectivity index (χ3n) is 5.92. The van der Waals surface area contributed by atoms with Crippen molar-refractivity contribution in [1.82, 2.24) is 20.1 Å². The number of nitrogens with one attached hydrogen (secondary N) is 1. The summed E-state index contributed by atoms with van der Waals surface area (Å²) >= 11 is 1.68. The predicted octanol–water partition coefficient (Wildman–Crippen LogP) is 2.36. The quantitative estimate of drug-likeness (QED) is 0.750. The molecular formula is C21H28N4O3S. The third-order valence-corrected chi connectivity index (χ3v) is 6.74. The average molecular weight is 417 g/mol. The maximum atomic E-state index is 12.8. The van der Waals surface area contributed by atoms with Crippen molar-refractivity contribution in [3.05, 3.63) is 40.2 Å². The smallest absolute Gasteiger partial charge is 0.222 e. The summed E-state index contributed by atoms with van der Waals surface area (Å²) in [6.45, 7) is 6.12. The van der Waals surface area contributed by atoms with Gasteiger partial charge < -0.3 is 14.6 Å². The van der Waals surface area contributed by atoms with Crippen LogP contribution in [0.4, 0.5) is 0 Å². The maximum Gasteiger partial charge on any atom is 0.222 e. The van der Waals surface area contributed by atoms with Crippen molar-refractivity contribution in [3.8, 4) is 0 Å². The van der Waals surface area contributed by atoms with E-state index >= 15 is 0 Å². The van der Waals surface area contributed by atoms with Crippen LogP contribution in [0.2, 0.25) is 0 Å². The van der Waals surface area contributed by atoms with Crippen LogP contribution >= 0.6 is 11.3 Å². The molecule has 2 amide bonds. The molecule has 1 unspecified atom stereocenters. The lowest BCUT2D eigenvalue weighted by molar-refractivity contribution is -0.133. The van der Waals surface area contributed by atoms with Crippen molar-refractivity contribution in [2.45, 2.75) is 51.1 Å². The molecule has 0 radical (unpaired) electrons. The van der Waals surface area contributed by atoms with Gasteiger partial charge in [0.05, 0.1) is 17.0 Å². The zero-order chi connectivity index (χ0) is 20.3. The number of piperazine rings is 1. The van der Waals surface area contributed by atoms with Gasteiger partial charge in [-0.2, -0.15) is 0 Å². The van der Waals surface area contributed by atoms with Crippen LogP contribution in [0, 0.1) is 6.92 Å². The number of rotatable bonds is 7. The number of aryl methyl sites for hydroxylation is 1. The number of nitrogens with zero attached hydrogens (tertiary/aromatic N) is 3. The van der Waals surface area contributed by atoms with Crippen LogP contribution in [0.1, 0.15) is 42.1 Å². The Labute approximate surface area is 175 Å². The molecule has 29 heavy (non-hydrogen) atoms. The molecule has 0 aromatic carbocycles. The molecule has 2 fully saturated rings. The molecule has 2 aliphatic rings. The summed E-state index contributed by atoms with van der Waals surface area (Å²) in [5.74, 6) is 1.09. The first-order valence-electron chi connectivity index (χ1n) is 10.3. The monoisotopic (exact) mass is 416 g/mol. The number of carbonyl (C=O) groups excluding carboxylic acids is 2. The van der Waals surface area contributed by atoms with E-state index in [1.165, 1.54) is 0 Å². The Morgan fingerprint density at radius 2 is 2.17 bits per heavy atom. The van der Waals surface area contributed by atoms with E-state index < -0.39 is 0 Å². The van der Waals surface area contributed by atoms with Gasteiger partial charge in [0, 0.05) is 62.9 Å². The van der Waals surface area contributed by atoms with Crippen molar-refractivity contribution >= 4 is 23.2 Å². The SMILES string of the molecule is Cc1nc(CN2CCN(C(=O)CCC3(Cc4ccco4)CCC(=O)N3)CC2)cs1. The van der Waals surface area contributed by atoms with Gasteiger partial charge in [0.1, 0.15) is 5.76 Å². The van der Waals surface area contributed by atoms with Crippen LogP contribution in [-0.2, 0) is 22.6 Å². The van der Waals surface area contributed by atoms with Crippen LogP contribution in [0.15, 0.2) is 28.2 Å². The second-order valence-corrected chi connectivity index (χ2v) is 9.16. The Morgan fingerprint density at radius 3 is 2.79 bits per heavy atom. The van der Waals surface area contributed by atoms with Crippen molar-refractivity contribution in [2.24, 2.45) is 0 Å². The fourth-order valence-corrected chi connectivity index (χ4v) is 4.90. The number of hydrogen-bond acceptors (Lipinski definition) is 6. The highest BCUT2D eigenvalue weighted by Gasteiger charge is 2.39. The van der Waals surface area contributed by atoms with Crippen LogP contribution in [0.3, 0.4) is 0 Å². The van der Waals surface area contributed by atoms with Gasteiger partial charge >= 0.3 is 0 Å². The van der Waals surface area contributed by atoms with Gasteiger partial charge in [0.15, 0.2) is 0 Å². The third kappa shape index (κ3) is 5.05. The predicted molar refractivity (Wildman–Crippen MR) is 110 cm³/mol. The number of thiazole rings is 1. The van der Waals surface area contributed by atoms with Gasteiger partial charge in [0.2, 0.25) is 11.8 Å². The number of amides is 2. The minimum atomic E-state index is -0.366. The van der Waals surface area contributed by atoms with Crippen LogP contribution in [0.5, 0.6) is 0 Å². The summed E-state index contributed by atoms with van der Waals surface area (Å²) < 4.78 is 5.48. The molecule has 2 saturated heterocycles. The molecule has 1 N–H and O–H groups in total. The number of hydrogen-bond donors (Lipinski definition) is 1. The lowest BCUT2D eigenvalue weighted by Gasteiger charge is -2.35. The zero-order valence-electron chi connectivity index (χ0n) is 16.9. The van der Waals surface area contributed by atoms with Gasteiger partial charge in [-0.25, -0.2) is 4.98 Å². The molecule has 4 heterocycles. The van der Waals surface area contributed by atoms with E-state index in [1.54, 1.807) is 17.6 Å². The van der Waals surface area contributed by atoms with Gasteiger partial charge in [-0.05, 0) is 31.9 Å². The molecule has 0 bridgehead atoms. The minimum Gasteiger partial charge on any atom is -0.469 e. The highest BCUT2D eigenvalue weighted by Crippen LogP contribution is 2.30. The van der Waals surface area contributed by atoms with Gasteiger partial charge in [-0.1, -0.05) is 0 Å². The first kappa shape index (κ1) is 20.1. The largest absolute Gasteiger partial charge is 0.469 e. The fraction of sp³-hybridized carbons (Fsp3) is 0.571. The Balaban J connectivity index is 1.27. The summed E-state index contributed by atoms with van der Waals surface area (Å²) in [5.41, 5.74) is 0.749. The summed E-state index contributed by atoms with van der Waals surface area (Å²) in [6, 6.07) is 3.79. The Hall–Kier alpha value is -2.19. The van der Waals surface area contributed by atoms with Crippen molar-refractivity contribution in [2.75, 3.05) is 26.2 Å². The molecule has 0 aliphatic carbocycles. The molecule has 2 aromatic rings. The molecule has 8 heteroatoms. The van der Waals surface area contributed by atoms with Gasteiger partial charge in [-0.3, -0.25) is 14.5 Å². The molecule has 2 aromatic heterocycles. The molecule has 2 aliphatic heterocycles. The summed E-state index contributed by atoms with van der Waals surface area (Å²) in [4.78, 5) is 33.5. The summed E-state index contributed by atoms with van der Waals surface area (Å²) in [5, 5.41) is 6.32. The molecule has 0 spiro atoms. The topological polar surface area (TPSA) is 78.7 Å². The van der Waals surface area contributed by atoms with Gasteiger partial charge in [0.25, 0.3) is 0 Å². The standard InChI is InChI=1S/C21H28N4O3S/c1-16-22-17(15-29-16)14-24-8-10-25(11-9-24)20(27)5-7-21(6-4-19(26)23-21)13-18-3-2-12-28-18/h2-3,12,15H,4-11,13-14H2,1H3,(H,23,26). The highest BCUT2D eigenvalue weighted by molar-refractivity contribution is 7.09. The molecule has 1 atom stereocenters. The van der Waals surface area contributed by atoms with E-state index in [1.807, 2.05) is 24.0 Å². The Kier molecular flexibility index (Phi) is 6.01. The first-order valence-corrected chi connectivity index (χ1v) is 11.1. The Bertz CT molecular complexity index is 842. The minimum absolute atomic E-state index is 0.0647. The van der Waals surface area contributed by atoms with Crippen molar-refractivity contribution in [3.63, 3.8) is 0 Å². The lowest BCUT2D eigenvalue weighted by atomic mass is 9.87. The van der Waals surface area contributed by atoms with Crippen molar-refractivity contribution in [1.29, 1.82) is 0 Å². The molecule has 0 saturated carbocycles. The highest BCUT2D eigenvalue weighted by atomic mass is 32.1. The van der Waals surface area contributed by atoms with E-state index in [9.17, 15) is 9.59 Å². The normalized spacial score (nSPS) is 22.8. The molecule has 7 nitrogen and oxygen atoms in total. The zero-order valence-corrected chi connectivity index (χ0v) is 17.7. The van der Waals surface area contributed by atoms with Gasteiger partial charge in [-0.15, -0.1) is 11.3 Å². The van der Waals surface area contributed by atoms with Crippen LogP contribution in [0.25, 0.3) is 0 Å². The van der Waals surface area contributed by atoms with Crippen LogP contribution in [-0.4, -0.2) is 58.3 Å². The molecular weight excluding hydrogens is 388 g/mol. The number of aromatic nitrogens is 1. The van der Waals surface area contributed by atoms with E-state index in [0.717, 1.165) is 55.6 Å². The van der Waals surface area contributed by atoms with E-state index in [0.29, 0.717) is 25.7 Å². The van der Waals surface area contributed by atoms with Crippen LogP contribution < -0.4 is 5.32 Å². The fourth-order valence-electron chi connectivity index (χ4n) is 4.30. The second kappa shape index (κ2) is 8.67.